The van der Waals surface area contributed by atoms with Crippen molar-refractivity contribution in [2.24, 2.45) is 5.92 Å². The topological polar surface area (TPSA) is 52.4 Å². The summed E-state index contributed by atoms with van der Waals surface area (Å²) in [5.74, 6) is 0.715. The maximum absolute atomic E-state index is 9.93. The van der Waals surface area contributed by atoms with Crippen molar-refractivity contribution in [1.82, 2.24) is 0 Å². The first-order chi connectivity index (χ1) is 6.02. The molecule has 1 atom stereocenters. The minimum Gasteiger partial charge on any atom is -0.311 e. The number of hydrogen-bond donors (Lipinski definition) is 0. The van der Waals surface area contributed by atoms with E-state index in [4.69, 9.17) is 0 Å². The smallest absolute Gasteiger partial charge is 0.294 e. The predicted molar refractivity (Wildman–Crippen MR) is 50.8 cm³/mol. The van der Waals surface area contributed by atoms with E-state index < -0.39 is 5.09 Å². The Morgan fingerprint density at radius 2 is 1.77 bits per heavy atom. The molecule has 0 spiro atoms. The van der Waals surface area contributed by atoms with Gasteiger partial charge in [0.15, 0.2) is 0 Å². The largest absolute Gasteiger partial charge is 0.311 e. The van der Waals surface area contributed by atoms with Gasteiger partial charge in [-0.3, -0.25) is 0 Å². The molecule has 13 heavy (non-hydrogen) atoms. The third-order valence-corrected chi connectivity index (χ3v) is 1.91. The first-order valence-corrected chi connectivity index (χ1v) is 4.83. The summed E-state index contributed by atoms with van der Waals surface area (Å²) in [6, 6.07) is 0. The van der Waals surface area contributed by atoms with Crippen LogP contribution in [0.1, 0.15) is 46.5 Å². The third kappa shape index (κ3) is 9.11. The molecule has 0 heterocycles. The highest BCUT2D eigenvalue weighted by atomic mass is 17.0. The Hall–Kier alpha value is -0.800. The molecule has 0 N–H and O–H groups in total. The van der Waals surface area contributed by atoms with Crippen LogP contribution in [0.5, 0.6) is 0 Å². The zero-order valence-corrected chi connectivity index (χ0v) is 8.66. The van der Waals surface area contributed by atoms with Gasteiger partial charge in [0, 0.05) is 0 Å². The minimum atomic E-state index is -0.715. The van der Waals surface area contributed by atoms with E-state index in [2.05, 4.69) is 18.7 Å². The van der Waals surface area contributed by atoms with Crippen LogP contribution in [-0.2, 0) is 4.84 Å². The van der Waals surface area contributed by atoms with Crippen LogP contribution in [0.4, 0.5) is 0 Å². The maximum Gasteiger partial charge on any atom is 0.294 e. The van der Waals surface area contributed by atoms with E-state index in [9.17, 15) is 10.1 Å². The first kappa shape index (κ1) is 12.2. The van der Waals surface area contributed by atoms with Crippen LogP contribution >= 0.6 is 0 Å². The normalized spacial score (nSPS) is 12.9. The molecule has 0 fully saturated rings. The van der Waals surface area contributed by atoms with Crippen molar-refractivity contribution in [1.29, 1.82) is 0 Å². The molecule has 0 saturated heterocycles. The summed E-state index contributed by atoms with van der Waals surface area (Å²) in [7, 11) is 0. The molecule has 4 nitrogen and oxygen atoms in total. The Bertz CT molecular complexity index is 148. The third-order valence-electron chi connectivity index (χ3n) is 1.91. The van der Waals surface area contributed by atoms with Crippen LogP contribution in [0.15, 0.2) is 0 Å². The summed E-state index contributed by atoms with van der Waals surface area (Å²) in [6.45, 7) is 6.09. The average Bonchev–Trinajstić information content (AvgIpc) is 1.96. The highest BCUT2D eigenvalue weighted by Crippen LogP contribution is 2.10. The molecule has 4 heteroatoms. The van der Waals surface area contributed by atoms with Gasteiger partial charge in [-0.05, 0) is 19.3 Å². The van der Waals surface area contributed by atoms with Gasteiger partial charge >= 0.3 is 0 Å². The van der Waals surface area contributed by atoms with E-state index in [0.717, 1.165) is 19.3 Å². The van der Waals surface area contributed by atoms with Gasteiger partial charge in [-0.15, -0.1) is 10.1 Å². The van der Waals surface area contributed by atoms with Gasteiger partial charge < -0.3 is 4.84 Å². The van der Waals surface area contributed by atoms with Crippen LogP contribution in [0.2, 0.25) is 0 Å². The van der Waals surface area contributed by atoms with Crippen molar-refractivity contribution in [3.05, 3.63) is 10.1 Å². The fourth-order valence-electron chi connectivity index (χ4n) is 1.18. The van der Waals surface area contributed by atoms with Crippen LogP contribution in [0.3, 0.4) is 0 Å². The van der Waals surface area contributed by atoms with Crippen molar-refractivity contribution in [2.45, 2.75) is 52.6 Å². The van der Waals surface area contributed by atoms with E-state index >= 15 is 0 Å². The van der Waals surface area contributed by atoms with E-state index in [1.54, 1.807) is 6.92 Å². The molecule has 0 aliphatic heterocycles. The van der Waals surface area contributed by atoms with Gasteiger partial charge in [-0.25, -0.2) is 0 Å². The zero-order chi connectivity index (χ0) is 10.3. The van der Waals surface area contributed by atoms with Gasteiger partial charge in [-0.1, -0.05) is 33.1 Å². The number of rotatable bonds is 7. The van der Waals surface area contributed by atoms with Gasteiger partial charge in [0.25, 0.3) is 5.09 Å². The molecule has 0 aliphatic carbocycles. The second-order valence-corrected chi connectivity index (χ2v) is 3.82. The fraction of sp³-hybridized carbons (Fsp3) is 1.00. The van der Waals surface area contributed by atoms with Crippen molar-refractivity contribution in [3.8, 4) is 0 Å². The molecule has 0 unspecified atom stereocenters. The molecule has 0 aromatic carbocycles. The number of nitrogens with zero attached hydrogens (tertiary/aromatic N) is 1. The molecule has 0 aromatic rings. The average molecular weight is 189 g/mol. The second kappa shape index (κ2) is 6.69. The number of unbranched alkanes of at least 4 members (excludes halogenated alkanes) is 1. The number of hydrogen-bond acceptors (Lipinski definition) is 3. The van der Waals surface area contributed by atoms with Crippen LogP contribution in [0, 0.1) is 16.0 Å². The lowest BCUT2D eigenvalue weighted by molar-refractivity contribution is -0.767. The van der Waals surface area contributed by atoms with Crippen LogP contribution < -0.4 is 0 Å². The highest BCUT2D eigenvalue weighted by molar-refractivity contribution is 4.51. The van der Waals surface area contributed by atoms with Gasteiger partial charge in [0.05, 0.1) is 0 Å². The van der Waals surface area contributed by atoms with Crippen LogP contribution in [0.25, 0.3) is 0 Å². The zero-order valence-electron chi connectivity index (χ0n) is 8.66. The van der Waals surface area contributed by atoms with Crippen molar-refractivity contribution < 1.29 is 9.92 Å². The Morgan fingerprint density at radius 1 is 1.23 bits per heavy atom. The monoisotopic (exact) mass is 189 g/mol. The Labute approximate surface area is 79.4 Å². The Balaban J connectivity index is 3.26. The van der Waals surface area contributed by atoms with E-state index in [-0.39, 0.29) is 6.10 Å². The standard InChI is InChI=1S/C9H19NO3/c1-8(2)6-4-5-7-9(3)13-10(11)12/h8-9H,4-7H2,1-3H3/t9-/m1/s1. The lowest BCUT2D eigenvalue weighted by atomic mass is 10.0. The summed E-state index contributed by atoms with van der Waals surface area (Å²) < 4.78 is 0. The predicted octanol–water partition coefficient (Wildman–Crippen LogP) is 2.80. The summed E-state index contributed by atoms with van der Waals surface area (Å²) in [5, 5.41) is 9.22. The van der Waals surface area contributed by atoms with Gasteiger partial charge in [0.1, 0.15) is 6.10 Å². The van der Waals surface area contributed by atoms with Crippen molar-refractivity contribution in [2.75, 3.05) is 0 Å². The fourth-order valence-corrected chi connectivity index (χ4v) is 1.18. The van der Waals surface area contributed by atoms with Gasteiger partial charge in [-0.2, -0.15) is 0 Å². The molecule has 0 radical (unpaired) electrons. The SMILES string of the molecule is CC(C)CCCC[C@@H](C)O[N+](=O)[O-]. The quantitative estimate of drug-likeness (QED) is 0.351. The molecular weight excluding hydrogens is 170 g/mol. The summed E-state index contributed by atoms with van der Waals surface area (Å²) in [6.07, 6.45) is 3.83. The van der Waals surface area contributed by atoms with E-state index in [1.807, 2.05) is 0 Å². The van der Waals surface area contributed by atoms with Crippen molar-refractivity contribution in [3.63, 3.8) is 0 Å². The molecule has 0 aromatic heterocycles. The lowest BCUT2D eigenvalue weighted by Crippen LogP contribution is -2.12. The molecule has 0 saturated carbocycles. The maximum atomic E-state index is 9.93. The molecule has 0 amide bonds. The Kier molecular flexibility index (Phi) is 6.28. The van der Waals surface area contributed by atoms with Gasteiger partial charge in [0.2, 0.25) is 0 Å². The van der Waals surface area contributed by atoms with Crippen LogP contribution in [-0.4, -0.2) is 11.2 Å². The molecule has 0 rings (SSSR count). The second-order valence-electron chi connectivity index (χ2n) is 3.82. The Morgan fingerprint density at radius 3 is 2.23 bits per heavy atom. The van der Waals surface area contributed by atoms with E-state index in [0.29, 0.717) is 5.92 Å². The summed E-state index contributed by atoms with van der Waals surface area (Å²) >= 11 is 0. The molecular formula is C9H19NO3. The first-order valence-electron chi connectivity index (χ1n) is 4.83. The highest BCUT2D eigenvalue weighted by Gasteiger charge is 2.06. The molecule has 0 aliphatic rings. The minimum absolute atomic E-state index is 0.262. The van der Waals surface area contributed by atoms with Crippen molar-refractivity contribution >= 4 is 0 Å². The molecule has 78 valence electrons. The molecule has 0 bridgehead atoms. The summed E-state index contributed by atoms with van der Waals surface area (Å²) in [5.41, 5.74) is 0. The lowest BCUT2D eigenvalue weighted by Gasteiger charge is -2.09. The summed E-state index contributed by atoms with van der Waals surface area (Å²) in [4.78, 5) is 14.3. The van der Waals surface area contributed by atoms with E-state index in [1.165, 1.54) is 6.42 Å².